The van der Waals surface area contributed by atoms with E-state index in [0.29, 0.717) is 11.7 Å². The predicted molar refractivity (Wildman–Crippen MR) is 68.1 cm³/mol. The van der Waals surface area contributed by atoms with Gasteiger partial charge in [-0.05, 0) is 25.2 Å². The van der Waals surface area contributed by atoms with Crippen molar-refractivity contribution in [2.45, 2.75) is 63.7 Å². The fourth-order valence-corrected chi connectivity index (χ4v) is 4.60. The highest BCUT2D eigenvalue weighted by Gasteiger charge is 2.31. The van der Waals surface area contributed by atoms with Crippen LogP contribution in [-0.4, -0.2) is 25.5 Å². The van der Waals surface area contributed by atoms with E-state index in [-0.39, 0.29) is 11.3 Å². The highest BCUT2D eigenvalue weighted by Crippen LogP contribution is 2.23. The smallest absolute Gasteiger partial charge is 0.154 e. The first-order chi connectivity index (χ1) is 7.43. The third-order valence-electron chi connectivity index (χ3n) is 3.44. The van der Waals surface area contributed by atoms with Crippen LogP contribution in [-0.2, 0) is 9.84 Å². The van der Waals surface area contributed by atoms with Crippen molar-refractivity contribution in [2.24, 2.45) is 11.7 Å². The van der Waals surface area contributed by atoms with E-state index in [1.54, 1.807) is 0 Å². The topological polar surface area (TPSA) is 60.2 Å². The van der Waals surface area contributed by atoms with Gasteiger partial charge >= 0.3 is 0 Å². The summed E-state index contributed by atoms with van der Waals surface area (Å²) in [6.45, 7) is 4.12. The first-order valence-electron chi connectivity index (χ1n) is 6.40. The second kappa shape index (κ2) is 6.01. The number of nitrogens with two attached hydrogens (primary N) is 1. The molecule has 0 spiro atoms. The lowest BCUT2D eigenvalue weighted by Gasteiger charge is -2.21. The van der Waals surface area contributed by atoms with Crippen molar-refractivity contribution in [1.29, 1.82) is 0 Å². The van der Waals surface area contributed by atoms with Gasteiger partial charge in [-0.15, -0.1) is 0 Å². The van der Waals surface area contributed by atoms with Crippen LogP contribution in [0.5, 0.6) is 0 Å². The molecular formula is C12H25NO2S. The molecule has 0 aromatic carbocycles. The lowest BCUT2D eigenvalue weighted by Crippen LogP contribution is -2.40. The van der Waals surface area contributed by atoms with Crippen molar-refractivity contribution < 1.29 is 8.42 Å². The van der Waals surface area contributed by atoms with Crippen LogP contribution in [0.3, 0.4) is 0 Å². The van der Waals surface area contributed by atoms with E-state index in [9.17, 15) is 8.42 Å². The molecule has 2 N–H and O–H groups in total. The molecule has 0 bridgehead atoms. The normalized spacial score (nSPS) is 28.0. The van der Waals surface area contributed by atoms with Crippen LogP contribution >= 0.6 is 0 Å². The van der Waals surface area contributed by atoms with Crippen LogP contribution in [0.1, 0.15) is 52.4 Å². The van der Waals surface area contributed by atoms with E-state index in [2.05, 4.69) is 13.8 Å². The van der Waals surface area contributed by atoms with Crippen LogP contribution < -0.4 is 5.73 Å². The molecule has 1 aliphatic carbocycles. The summed E-state index contributed by atoms with van der Waals surface area (Å²) in [6, 6.07) is -0.139. The summed E-state index contributed by atoms with van der Waals surface area (Å²) in [5, 5.41) is -0.284. The molecule has 2 unspecified atom stereocenters. The molecule has 0 heterocycles. The molecule has 2 atom stereocenters. The summed E-state index contributed by atoms with van der Waals surface area (Å²) in [5.41, 5.74) is 5.99. The lowest BCUT2D eigenvalue weighted by molar-refractivity contribution is 0.522. The molecule has 96 valence electrons. The van der Waals surface area contributed by atoms with Gasteiger partial charge in [0.25, 0.3) is 0 Å². The highest BCUT2D eigenvalue weighted by molar-refractivity contribution is 7.92. The van der Waals surface area contributed by atoms with Crippen LogP contribution in [0.4, 0.5) is 0 Å². The maximum Gasteiger partial charge on any atom is 0.154 e. The summed E-state index contributed by atoms with van der Waals surface area (Å²) in [7, 11) is -2.98. The third kappa shape index (κ3) is 4.06. The average Bonchev–Trinajstić information content (AvgIpc) is 2.40. The lowest BCUT2D eigenvalue weighted by atomic mass is 10.1. The SMILES string of the molecule is CC(C)CCS(=O)(=O)C1CCCCCC1N. The minimum Gasteiger partial charge on any atom is -0.327 e. The molecule has 1 fully saturated rings. The molecule has 1 saturated carbocycles. The Hall–Kier alpha value is -0.0900. The van der Waals surface area contributed by atoms with E-state index in [0.717, 1.165) is 38.5 Å². The average molecular weight is 247 g/mol. The third-order valence-corrected chi connectivity index (χ3v) is 5.76. The Balaban J connectivity index is 2.64. The molecule has 0 aromatic heterocycles. The van der Waals surface area contributed by atoms with E-state index >= 15 is 0 Å². The molecular weight excluding hydrogens is 222 g/mol. The molecule has 0 amide bonds. The molecule has 0 saturated heterocycles. The van der Waals surface area contributed by atoms with Crippen molar-refractivity contribution >= 4 is 9.84 Å². The van der Waals surface area contributed by atoms with Crippen LogP contribution in [0.2, 0.25) is 0 Å². The van der Waals surface area contributed by atoms with Gasteiger partial charge in [-0.1, -0.05) is 33.1 Å². The molecule has 0 radical (unpaired) electrons. The Morgan fingerprint density at radius 3 is 2.44 bits per heavy atom. The Morgan fingerprint density at radius 1 is 1.19 bits per heavy atom. The Bertz CT molecular complexity index is 298. The van der Waals surface area contributed by atoms with Crippen LogP contribution in [0.25, 0.3) is 0 Å². The van der Waals surface area contributed by atoms with Crippen LogP contribution in [0.15, 0.2) is 0 Å². The molecule has 3 nitrogen and oxygen atoms in total. The second-order valence-electron chi connectivity index (χ2n) is 5.39. The zero-order valence-electron chi connectivity index (χ0n) is 10.5. The molecule has 1 rings (SSSR count). The molecule has 16 heavy (non-hydrogen) atoms. The Morgan fingerprint density at radius 2 is 1.81 bits per heavy atom. The van der Waals surface area contributed by atoms with Gasteiger partial charge in [-0.25, -0.2) is 8.42 Å². The Kier molecular flexibility index (Phi) is 5.25. The van der Waals surface area contributed by atoms with E-state index in [1.165, 1.54) is 0 Å². The van der Waals surface area contributed by atoms with Gasteiger partial charge in [-0.3, -0.25) is 0 Å². The zero-order chi connectivity index (χ0) is 12.2. The van der Waals surface area contributed by atoms with Gasteiger partial charge in [0.15, 0.2) is 9.84 Å². The maximum atomic E-state index is 12.2. The van der Waals surface area contributed by atoms with Crippen molar-refractivity contribution in [1.82, 2.24) is 0 Å². The number of hydrogen-bond acceptors (Lipinski definition) is 3. The molecule has 1 aliphatic rings. The molecule has 4 heteroatoms. The van der Waals surface area contributed by atoms with Gasteiger partial charge in [0, 0.05) is 6.04 Å². The summed E-state index contributed by atoms with van der Waals surface area (Å²) in [6.07, 6.45) is 5.61. The van der Waals surface area contributed by atoms with Gasteiger partial charge in [-0.2, -0.15) is 0 Å². The summed E-state index contributed by atoms with van der Waals surface area (Å²) in [5.74, 6) is 0.750. The van der Waals surface area contributed by atoms with Crippen molar-refractivity contribution in [3.05, 3.63) is 0 Å². The summed E-state index contributed by atoms with van der Waals surface area (Å²) in [4.78, 5) is 0. The van der Waals surface area contributed by atoms with E-state index in [1.807, 2.05) is 0 Å². The first-order valence-corrected chi connectivity index (χ1v) is 8.12. The summed E-state index contributed by atoms with van der Waals surface area (Å²) >= 11 is 0. The van der Waals surface area contributed by atoms with E-state index < -0.39 is 9.84 Å². The fourth-order valence-electron chi connectivity index (χ4n) is 2.30. The monoisotopic (exact) mass is 247 g/mol. The molecule has 0 aromatic rings. The first kappa shape index (κ1) is 14.0. The number of hydrogen-bond donors (Lipinski definition) is 1. The van der Waals surface area contributed by atoms with Gasteiger partial charge < -0.3 is 5.73 Å². The predicted octanol–water partition coefficient (Wildman–Crippen LogP) is 2.11. The highest BCUT2D eigenvalue weighted by atomic mass is 32.2. The van der Waals surface area contributed by atoms with E-state index in [4.69, 9.17) is 5.73 Å². The minimum absolute atomic E-state index is 0.139. The van der Waals surface area contributed by atoms with Crippen LogP contribution in [0, 0.1) is 5.92 Å². The quantitative estimate of drug-likeness (QED) is 0.774. The standard InChI is InChI=1S/C12H25NO2S/c1-10(2)8-9-16(14,15)12-7-5-3-4-6-11(12)13/h10-12H,3-9,13H2,1-2H3. The van der Waals surface area contributed by atoms with Crippen molar-refractivity contribution in [3.63, 3.8) is 0 Å². The van der Waals surface area contributed by atoms with Crippen molar-refractivity contribution in [2.75, 3.05) is 5.75 Å². The van der Waals surface area contributed by atoms with Gasteiger partial charge in [0.2, 0.25) is 0 Å². The minimum atomic E-state index is -2.98. The second-order valence-corrected chi connectivity index (χ2v) is 7.73. The Labute approximate surface area is 99.7 Å². The zero-order valence-corrected chi connectivity index (χ0v) is 11.3. The van der Waals surface area contributed by atoms with Crippen molar-refractivity contribution in [3.8, 4) is 0 Å². The van der Waals surface area contributed by atoms with Gasteiger partial charge in [0.1, 0.15) is 0 Å². The largest absolute Gasteiger partial charge is 0.327 e. The number of rotatable bonds is 4. The fraction of sp³-hybridized carbons (Fsp3) is 1.00. The number of sulfone groups is 1. The maximum absolute atomic E-state index is 12.2. The molecule has 0 aliphatic heterocycles. The summed E-state index contributed by atoms with van der Waals surface area (Å²) < 4.78 is 24.3. The van der Waals surface area contributed by atoms with Gasteiger partial charge in [0.05, 0.1) is 11.0 Å².